The topological polar surface area (TPSA) is 154 Å². The number of rotatable bonds is 6. The molecule has 59 heavy (non-hydrogen) atoms. The van der Waals surface area contributed by atoms with Gasteiger partial charge in [-0.25, -0.2) is 4.39 Å². The minimum absolute atomic E-state index is 0.0115. The molecule has 4 N–H and O–H groups in total. The van der Waals surface area contributed by atoms with Gasteiger partial charge in [0, 0.05) is 57.2 Å². The molecule has 302 valence electrons. The van der Waals surface area contributed by atoms with E-state index in [0.717, 1.165) is 19.3 Å². The molecule has 4 saturated carbocycles. The van der Waals surface area contributed by atoms with Crippen molar-refractivity contribution in [1.82, 2.24) is 20.9 Å². The van der Waals surface area contributed by atoms with Crippen molar-refractivity contribution in [3.63, 3.8) is 0 Å². The highest BCUT2D eigenvalue weighted by molar-refractivity contribution is 6.31. The standard InChI is InChI=1S/C45H40Cl2FN5O6/c46-25-13-14-29-31(19-25)49-41(59)45(29)35(27-10-6-11-30(47)36(27)48)37(51-44(45)17-2-1-3-18-44)39(57)52-43-21-42(22-43,23-43)33(54)12-5-8-24-7-4-9-26-28(24)20-53(40(26)58)32-15-16-34(55)50-38(32)56/h4,6-7,9-11,13-14,19,32,35,37,51H,1-3,12,15-18,20-23H2,(H,49,59)(H,52,57)(H,50,55,56)/t32?,35-,37+,42?,43?,45+/m0/s1. The van der Waals surface area contributed by atoms with Crippen LogP contribution >= 0.6 is 23.2 Å². The van der Waals surface area contributed by atoms with E-state index in [4.69, 9.17) is 23.2 Å². The Kier molecular flexibility index (Phi) is 8.70. The molecule has 4 aliphatic carbocycles. The number of piperidine rings is 1. The number of nitrogens with zero attached hydrogens (tertiary/aromatic N) is 1. The maximum atomic E-state index is 16.3. The zero-order valence-corrected chi connectivity index (χ0v) is 33.5. The van der Waals surface area contributed by atoms with Gasteiger partial charge in [0.25, 0.3) is 5.91 Å². The summed E-state index contributed by atoms with van der Waals surface area (Å²) in [5, 5.41) is 12.6. The summed E-state index contributed by atoms with van der Waals surface area (Å²) in [5.74, 6) is 2.66. The number of imide groups is 1. The first-order valence-electron chi connectivity index (χ1n) is 20.2. The normalized spacial score (nSPS) is 30.8. The van der Waals surface area contributed by atoms with Crippen LogP contribution in [0.25, 0.3) is 0 Å². The SMILES string of the molecule is O=C1CCC(N2Cc3c(C#CCC(=O)C45CC(NC(=O)[C@@H]6NC7(CCCCC7)[C@@]7(C(=O)Nc8cc(Cl)ccc87)[C@H]6c6cccc(Cl)c6F)(C4)C5)cccc3C2=O)C(=O)N1. The van der Waals surface area contributed by atoms with Gasteiger partial charge in [-0.2, -0.15) is 0 Å². The number of fused-ring (bicyclic) bond motifs is 4. The molecular formula is C45H40Cl2FN5O6. The van der Waals surface area contributed by atoms with Gasteiger partial charge in [0.2, 0.25) is 23.6 Å². The molecule has 4 aliphatic heterocycles. The number of benzene rings is 3. The molecule has 4 atom stereocenters. The minimum atomic E-state index is -1.34. The molecule has 4 heterocycles. The van der Waals surface area contributed by atoms with E-state index >= 15 is 4.39 Å². The van der Waals surface area contributed by atoms with E-state index in [1.165, 1.54) is 11.0 Å². The first-order chi connectivity index (χ1) is 28.3. The quantitative estimate of drug-likeness (QED) is 0.187. The van der Waals surface area contributed by atoms with E-state index in [2.05, 4.69) is 33.1 Å². The maximum absolute atomic E-state index is 16.3. The van der Waals surface area contributed by atoms with E-state index in [9.17, 15) is 28.8 Å². The van der Waals surface area contributed by atoms with Crippen molar-refractivity contribution in [3.8, 4) is 11.8 Å². The molecule has 3 aromatic rings. The molecule has 14 heteroatoms. The van der Waals surface area contributed by atoms with Crippen molar-refractivity contribution in [3.05, 3.63) is 98.3 Å². The molecule has 2 spiro atoms. The highest BCUT2D eigenvalue weighted by Crippen LogP contribution is 2.68. The molecule has 5 amide bonds. The number of hydrogen-bond donors (Lipinski definition) is 4. The molecule has 11 nitrogen and oxygen atoms in total. The van der Waals surface area contributed by atoms with Crippen molar-refractivity contribution in [2.45, 2.75) is 112 Å². The second-order valence-electron chi connectivity index (χ2n) is 17.6. The average molecular weight is 837 g/mol. The lowest BCUT2D eigenvalue weighted by molar-refractivity contribution is -0.181. The molecule has 6 fully saturated rings. The van der Waals surface area contributed by atoms with Gasteiger partial charge < -0.3 is 15.5 Å². The first kappa shape index (κ1) is 38.1. The molecular weight excluding hydrogens is 796 g/mol. The van der Waals surface area contributed by atoms with Gasteiger partial charge in [0.15, 0.2) is 5.78 Å². The van der Waals surface area contributed by atoms with Gasteiger partial charge in [-0.15, -0.1) is 0 Å². The zero-order chi connectivity index (χ0) is 41.1. The molecule has 3 aromatic carbocycles. The highest BCUT2D eigenvalue weighted by atomic mass is 35.5. The van der Waals surface area contributed by atoms with Crippen LogP contribution in [0.4, 0.5) is 10.1 Å². The van der Waals surface area contributed by atoms with Crippen molar-refractivity contribution >= 4 is 64.2 Å². The number of hydrogen-bond acceptors (Lipinski definition) is 7. The van der Waals surface area contributed by atoms with Crippen LogP contribution in [-0.4, -0.2) is 63.4 Å². The van der Waals surface area contributed by atoms with Crippen LogP contribution in [0.1, 0.15) is 109 Å². The van der Waals surface area contributed by atoms with Crippen LogP contribution in [0, 0.1) is 23.1 Å². The second-order valence-corrected chi connectivity index (χ2v) is 18.4. The van der Waals surface area contributed by atoms with Crippen molar-refractivity contribution < 1.29 is 33.2 Å². The lowest BCUT2D eigenvalue weighted by Crippen LogP contribution is -2.78. The van der Waals surface area contributed by atoms with Gasteiger partial charge in [-0.05, 0) is 85.5 Å². The molecule has 8 aliphatic rings. The Morgan fingerprint density at radius 3 is 2.47 bits per heavy atom. The number of anilines is 1. The molecule has 11 rings (SSSR count). The Morgan fingerprint density at radius 2 is 1.71 bits per heavy atom. The van der Waals surface area contributed by atoms with Crippen LogP contribution in [0.3, 0.4) is 0 Å². The zero-order valence-electron chi connectivity index (χ0n) is 31.9. The van der Waals surface area contributed by atoms with Crippen LogP contribution in [0.5, 0.6) is 0 Å². The summed E-state index contributed by atoms with van der Waals surface area (Å²) in [7, 11) is 0. The molecule has 1 unspecified atom stereocenters. The summed E-state index contributed by atoms with van der Waals surface area (Å²) >= 11 is 12.8. The number of nitrogens with one attached hydrogen (secondary N) is 4. The van der Waals surface area contributed by atoms with E-state index in [1.807, 2.05) is 6.07 Å². The van der Waals surface area contributed by atoms with Gasteiger partial charge in [-0.1, -0.05) is 78.6 Å². The molecule has 2 bridgehead atoms. The summed E-state index contributed by atoms with van der Waals surface area (Å²) in [6, 6.07) is 13.4. The number of carbonyl (C=O) groups is 6. The van der Waals surface area contributed by atoms with Crippen molar-refractivity contribution in [1.29, 1.82) is 0 Å². The Labute approximate surface area is 349 Å². The van der Waals surface area contributed by atoms with Crippen molar-refractivity contribution in [2.75, 3.05) is 5.32 Å². The Balaban J connectivity index is 0.873. The summed E-state index contributed by atoms with van der Waals surface area (Å²) in [6.07, 6.45) is 5.58. The minimum Gasteiger partial charge on any atom is -0.349 e. The number of ketones is 1. The fourth-order valence-corrected chi connectivity index (χ4v) is 12.2. The Bertz CT molecular complexity index is 2490. The van der Waals surface area contributed by atoms with Crippen LogP contribution in [0.15, 0.2) is 54.6 Å². The van der Waals surface area contributed by atoms with Gasteiger partial charge in [-0.3, -0.25) is 39.4 Å². The molecule has 0 aromatic heterocycles. The smallest absolute Gasteiger partial charge is 0.255 e. The van der Waals surface area contributed by atoms with Gasteiger partial charge in [0.1, 0.15) is 17.3 Å². The van der Waals surface area contributed by atoms with Gasteiger partial charge in [0.05, 0.1) is 17.5 Å². The van der Waals surface area contributed by atoms with E-state index in [1.54, 1.807) is 42.5 Å². The maximum Gasteiger partial charge on any atom is 0.255 e. The molecule has 0 radical (unpaired) electrons. The van der Waals surface area contributed by atoms with Crippen LogP contribution in [0.2, 0.25) is 10.0 Å². The third-order valence-corrected chi connectivity index (χ3v) is 14.9. The summed E-state index contributed by atoms with van der Waals surface area (Å²) in [5.41, 5.74) is -0.286. The van der Waals surface area contributed by atoms with E-state index in [0.29, 0.717) is 65.1 Å². The van der Waals surface area contributed by atoms with E-state index in [-0.39, 0.29) is 65.8 Å². The fraction of sp³-hybridized carbons (Fsp3) is 0.422. The third-order valence-electron chi connectivity index (χ3n) is 14.4. The second kappa shape index (κ2) is 13.5. The van der Waals surface area contributed by atoms with Crippen LogP contribution in [-0.2, 0) is 35.9 Å². The predicted octanol–water partition coefficient (Wildman–Crippen LogP) is 5.59. The third kappa shape index (κ3) is 5.50. The van der Waals surface area contributed by atoms with Gasteiger partial charge >= 0.3 is 0 Å². The average Bonchev–Trinajstić information content (AvgIpc) is 3.77. The fourth-order valence-electron chi connectivity index (χ4n) is 11.9. The lowest BCUT2D eigenvalue weighted by atomic mass is 9.37. The highest BCUT2D eigenvalue weighted by Gasteiger charge is 2.75. The van der Waals surface area contributed by atoms with Crippen LogP contribution < -0.4 is 21.3 Å². The number of amides is 5. The molecule has 2 saturated heterocycles. The van der Waals surface area contributed by atoms with E-state index < -0.39 is 51.6 Å². The summed E-state index contributed by atoms with van der Waals surface area (Å²) in [4.78, 5) is 81.9. The number of halogens is 3. The predicted molar refractivity (Wildman–Crippen MR) is 215 cm³/mol. The summed E-state index contributed by atoms with van der Waals surface area (Å²) < 4.78 is 16.3. The largest absolute Gasteiger partial charge is 0.349 e. The lowest BCUT2D eigenvalue weighted by Gasteiger charge is -2.69. The van der Waals surface area contributed by atoms with Crippen molar-refractivity contribution in [2.24, 2.45) is 5.41 Å². The Morgan fingerprint density at radius 1 is 0.949 bits per heavy atom. The number of Topliss-reactive ketones (excluding diaryl/α,β-unsaturated/α-hetero) is 1. The first-order valence-corrected chi connectivity index (χ1v) is 21.0. The Hall–Kier alpha value is -5.09. The monoisotopic (exact) mass is 835 g/mol. The summed E-state index contributed by atoms with van der Waals surface area (Å²) in [6.45, 7) is 0.180. The number of carbonyl (C=O) groups excluding carboxylic acids is 6.